The molecule has 13 heavy (non-hydrogen) atoms. The van der Waals surface area contributed by atoms with Gasteiger partial charge in [-0.3, -0.25) is 4.40 Å². The van der Waals surface area contributed by atoms with Crippen molar-refractivity contribution in [3.8, 4) is 0 Å². The van der Waals surface area contributed by atoms with Gasteiger partial charge in [0, 0.05) is 11.6 Å². The number of fused-ring (bicyclic) bond motifs is 1. The lowest BCUT2D eigenvalue weighted by Crippen LogP contribution is -2.17. The lowest BCUT2D eigenvalue weighted by atomic mass is 9.95. The largest absolute Gasteiger partial charge is 0.287 e. The van der Waals surface area contributed by atoms with Gasteiger partial charge in [-0.05, 0) is 6.07 Å². The van der Waals surface area contributed by atoms with Gasteiger partial charge in [0.1, 0.15) is 12.2 Å². The van der Waals surface area contributed by atoms with Gasteiger partial charge >= 0.3 is 0 Å². The monoisotopic (exact) mass is 175 g/mol. The van der Waals surface area contributed by atoms with Gasteiger partial charge in [-0.2, -0.15) is 0 Å². The molecule has 2 rings (SSSR count). The number of hydrogen-bond donors (Lipinski definition) is 0. The number of nitrogens with zero attached hydrogens (tertiary/aromatic N) is 3. The number of aromatic nitrogens is 3. The van der Waals surface area contributed by atoms with Crippen molar-refractivity contribution < 1.29 is 0 Å². The summed E-state index contributed by atoms with van der Waals surface area (Å²) in [6.07, 6.45) is 5.48. The van der Waals surface area contributed by atoms with E-state index in [0.29, 0.717) is 0 Å². The van der Waals surface area contributed by atoms with Crippen molar-refractivity contribution in [2.24, 2.45) is 0 Å². The van der Waals surface area contributed by atoms with Crippen molar-refractivity contribution in [1.29, 1.82) is 0 Å². The minimum absolute atomic E-state index is 0.0558. The number of rotatable bonds is 0. The number of imidazole rings is 1. The Hall–Kier alpha value is -1.38. The maximum Gasteiger partial charge on any atom is 0.119 e. The molecule has 0 saturated carbocycles. The first-order valence-corrected chi connectivity index (χ1v) is 4.36. The van der Waals surface area contributed by atoms with E-state index in [9.17, 15) is 0 Å². The third kappa shape index (κ3) is 1.30. The Morgan fingerprint density at radius 3 is 2.77 bits per heavy atom. The molecule has 3 heteroatoms. The highest BCUT2D eigenvalue weighted by Gasteiger charge is 2.18. The van der Waals surface area contributed by atoms with E-state index in [2.05, 4.69) is 30.7 Å². The zero-order chi connectivity index (χ0) is 9.47. The third-order valence-corrected chi connectivity index (χ3v) is 2.01. The Morgan fingerprint density at radius 1 is 1.31 bits per heavy atom. The molecule has 2 heterocycles. The second-order valence-corrected chi connectivity index (χ2v) is 4.21. The molecule has 0 saturated heterocycles. The molecule has 0 aromatic carbocycles. The molecule has 68 valence electrons. The summed E-state index contributed by atoms with van der Waals surface area (Å²) in [4.78, 5) is 8.47. The predicted octanol–water partition coefficient (Wildman–Crippen LogP) is 2.03. The van der Waals surface area contributed by atoms with E-state index in [1.54, 1.807) is 0 Å². The van der Waals surface area contributed by atoms with Crippen LogP contribution in [0.4, 0.5) is 0 Å². The van der Waals surface area contributed by atoms with Crippen molar-refractivity contribution in [2.45, 2.75) is 26.2 Å². The van der Waals surface area contributed by atoms with Gasteiger partial charge in [0.05, 0.1) is 11.7 Å². The Bertz CT molecular complexity index is 423. The average Bonchev–Trinajstić information content (AvgIpc) is 2.48. The van der Waals surface area contributed by atoms with Crippen LogP contribution < -0.4 is 0 Å². The molecular formula is C10H13N3. The fourth-order valence-electron chi connectivity index (χ4n) is 1.41. The maximum atomic E-state index is 4.37. The van der Waals surface area contributed by atoms with E-state index in [0.717, 1.165) is 11.3 Å². The van der Waals surface area contributed by atoms with Gasteiger partial charge in [0.15, 0.2) is 0 Å². The first kappa shape index (κ1) is 8.23. The van der Waals surface area contributed by atoms with Crippen LogP contribution in [0.1, 0.15) is 26.6 Å². The Balaban J connectivity index is 2.75. The first-order chi connectivity index (χ1) is 6.09. The Morgan fingerprint density at radius 2 is 2.08 bits per heavy atom. The Labute approximate surface area is 77.4 Å². The van der Waals surface area contributed by atoms with Gasteiger partial charge in [0.2, 0.25) is 0 Å². The standard InChI is InChI=1S/C10H13N3/c1-10(2,3)9-12-5-4-8-6-11-7-13(8)9/h4-7H,1-3H3. The van der Waals surface area contributed by atoms with Crippen molar-refractivity contribution in [2.75, 3.05) is 0 Å². The summed E-state index contributed by atoms with van der Waals surface area (Å²) in [7, 11) is 0. The molecule has 3 nitrogen and oxygen atoms in total. The highest BCUT2D eigenvalue weighted by molar-refractivity contribution is 5.44. The molecule has 0 atom stereocenters. The molecule has 2 aromatic heterocycles. The van der Waals surface area contributed by atoms with Gasteiger partial charge in [0.25, 0.3) is 0 Å². The second kappa shape index (κ2) is 2.55. The first-order valence-electron chi connectivity index (χ1n) is 4.36. The SMILES string of the molecule is CC(C)(C)c1nccc2cncn12. The molecule has 0 aliphatic carbocycles. The van der Waals surface area contributed by atoms with E-state index >= 15 is 0 Å². The zero-order valence-corrected chi connectivity index (χ0v) is 8.15. The maximum absolute atomic E-state index is 4.37. The van der Waals surface area contributed by atoms with Crippen molar-refractivity contribution in [3.05, 3.63) is 30.6 Å². The van der Waals surface area contributed by atoms with Crippen molar-refractivity contribution in [3.63, 3.8) is 0 Å². The summed E-state index contributed by atoms with van der Waals surface area (Å²) in [6.45, 7) is 6.44. The molecule has 0 fully saturated rings. The van der Waals surface area contributed by atoms with Crippen molar-refractivity contribution >= 4 is 5.52 Å². The third-order valence-electron chi connectivity index (χ3n) is 2.01. The quantitative estimate of drug-likeness (QED) is 0.613. The van der Waals surface area contributed by atoms with Crippen LogP contribution in [0.2, 0.25) is 0 Å². The van der Waals surface area contributed by atoms with Gasteiger partial charge in [-0.15, -0.1) is 0 Å². The summed E-state index contributed by atoms with van der Waals surface area (Å²) in [5.41, 5.74) is 1.15. The smallest absolute Gasteiger partial charge is 0.119 e. The van der Waals surface area contributed by atoms with Gasteiger partial charge < -0.3 is 0 Å². The fraction of sp³-hybridized carbons (Fsp3) is 0.400. The highest BCUT2D eigenvalue weighted by atomic mass is 15.0. The van der Waals surface area contributed by atoms with Crippen LogP contribution in [-0.4, -0.2) is 14.4 Å². The number of hydrogen-bond acceptors (Lipinski definition) is 2. The van der Waals surface area contributed by atoms with Crippen LogP contribution in [0.5, 0.6) is 0 Å². The average molecular weight is 175 g/mol. The van der Waals surface area contributed by atoms with E-state index in [1.165, 1.54) is 0 Å². The fourth-order valence-corrected chi connectivity index (χ4v) is 1.41. The molecule has 0 aliphatic rings. The van der Waals surface area contributed by atoms with Crippen LogP contribution in [0.15, 0.2) is 24.8 Å². The lowest BCUT2D eigenvalue weighted by Gasteiger charge is -2.18. The normalized spacial score (nSPS) is 12.2. The van der Waals surface area contributed by atoms with Gasteiger partial charge in [-0.1, -0.05) is 20.8 Å². The van der Waals surface area contributed by atoms with E-state index in [-0.39, 0.29) is 5.41 Å². The van der Waals surface area contributed by atoms with Crippen LogP contribution in [0.3, 0.4) is 0 Å². The predicted molar refractivity (Wildman–Crippen MR) is 51.7 cm³/mol. The molecule has 0 N–H and O–H groups in total. The molecule has 0 spiro atoms. The van der Waals surface area contributed by atoms with Crippen molar-refractivity contribution in [1.82, 2.24) is 14.4 Å². The summed E-state index contributed by atoms with van der Waals surface area (Å²) < 4.78 is 2.03. The van der Waals surface area contributed by atoms with Crippen LogP contribution in [0, 0.1) is 0 Å². The highest BCUT2D eigenvalue weighted by Crippen LogP contribution is 2.20. The minimum Gasteiger partial charge on any atom is -0.287 e. The van der Waals surface area contributed by atoms with Gasteiger partial charge in [-0.25, -0.2) is 9.97 Å². The molecular weight excluding hydrogens is 162 g/mol. The molecule has 2 aromatic rings. The van der Waals surface area contributed by atoms with E-state index < -0.39 is 0 Å². The lowest BCUT2D eigenvalue weighted by molar-refractivity contribution is 0.536. The van der Waals surface area contributed by atoms with E-state index in [1.807, 2.05) is 29.2 Å². The molecule has 0 unspecified atom stereocenters. The summed E-state index contributed by atoms with van der Waals surface area (Å²) in [6, 6.07) is 1.96. The van der Waals surface area contributed by atoms with E-state index in [4.69, 9.17) is 0 Å². The molecule has 0 bridgehead atoms. The van der Waals surface area contributed by atoms with Crippen LogP contribution >= 0.6 is 0 Å². The van der Waals surface area contributed by atoms with Crippen LogP contribution in [-0.2, 0) is 5.41 Å². The second-order valence-electron chi connectivity index (χ2n) is 4.21. The summed E-state index contributed by atoms with van der Waals surface area (Å²) >= 11 is 0. The zero-order valence-electron chi connectivity index (χ0n) is 8.15. The molecule has 0 amide bonds. The minimum atomic E-state index is 0.0558. The summed E-state index contributed by atoms with van der Waals surface area (Å²) in [5.74, 6) is 1.04. The Kier molecular flexibility index (Phi) is 1.62. The molecule has 0 aliphatic heterocycles. The molecule has 0 radical (unpaired) electrons. The topological polar surface area (TPSA) is 30.2 Å². The summed E-state index contributed by atoms with van der Waals surface area (Å²) in [5, 5.41) is 0. The van der Waals surface area contributed by atoms with Crippen LogP contribution in [0.25, 0.3) is 5.52 Å².